The Bertz CT molecular complexity index is 913. The maximum Gasteiger partial charge on any atom is 0.267 e. The molecule has 3 aromatic rings. The number of hydrogen-bond acceptors (Lipinski definition) is 6. The molecule has 2 aromatic heterocycles. The molecule has 0 fully saturated rings. The lowest BCUT2D eigenvalue weighted by Crippen LogP contribution is -2.12. The molecule has 0 bridgehead atoms. The van der Waals surface area contributed by atoms with Gasteiger partial charge in [0, 0.05) is 16.6 Å². The molecule has 1 aliphatic heterocycles. The summed E-state index contributed by atoms with van der Waals surface area (Å²) in [4.78, 5) is 6.33. The fourth-order valence-electron chi connectivity index (χ4n) is 2.39. The van der Waals surface area contributed by atoms with E-state index in [1.807, 2.05) is 23.9 Å². The zero-order chi connectivity index (χ0) is 14.6. The van der Waals surface area contributed by atoms with Gasteiger partial charge in [-0.3, -0.25) is 0 Å². The van der Waals surface area contributed by atoms with Gasteiger partial charge in [0.1, 0.15) is 0 Å². The lowest BCUT2D eigenvalue weighted by atomic mass is 9.99. The topological polar surface area (TPSA) is 90.4 Å². The molecule has 9 heteroatoms. The van der Waals surface area contributed by atoms with Gasteiger partial charge in [0.2, 0.25) is 9.30 Å². The summed E-state index contributed by atoms with van der Waals surface area (Å²) in [6, 6.07) is 8.26. The Kier molecular flexibility index (Phi) is 2.86. The number of nitrogens with zero attached hydrogens (tertiary/aromatic N) is 3. The van der Waals surface area contributed by atoms with Gasteiger partial charge in [-0.2, -0.15) is 0 Å². The average Bonchev–Trinajstić information content (AvgIpc) is 3.08. The normalized spacial score (nSPS) is 18.2. The first-order chi connectivity index (χ1) is 10.0. The van der Waals surface area contributed by atoms with Gasteiger partial charge >= 0.3 is 0 Å². The number of fused-ring (bicyclic) bond motifs is 2. The molecule has 1 atom stereocenters. The van der Waals surface area contributed by atoms with Gasteiger partial charge in [-0.15, -0.1) is 16.9 Å². The number of benzene rings is 1. The van der Waals surface area contributed by atoms with Crippen LogP contribution in [-0.2, 0) is 10.0 Å². The smallest absolute Gasteiger partial charge is 0.223 e. The first-order valence-electron chi connectivity index (χ1n) is 6.13. The number of sulfonamides is 1. The van der Waals surface area contributed by atoms with Crippen LogP contribution in [-0.4, -0.2) is 28.8 Å². The Hall–Kier alpha value is -1.42. The molecule has 6 nitrogen and oxygen atoms in total. The van der Waals surface area contributed by atoms with Crippen molar-refractivity contribution >= 4 is 38.1 Å². The molecular formula is C12H10N4O2S3. The van der Waals surface area contributed by atoms with Crippen LogP contribution in [0, 0.1) is 0 Å². The molecule has 0 radical (unpaired) electrons. The Morgan fingerprint density at radius 2 is 2.14 bits per heavy atom. The third-order valence-electron chi connectivity index (χ3n) is 3.34. The average molecular weight is 338 g/mol. The standard InChI is InChI=1S/C12H10N4O2S3/c13-21(17,18)12-15-16-5-9(14-11(16)20-12)8-6-19-10-4-2-1-3-7(8)10/h1-5,8H,6H2,(H2,13,17,18). The van der Waals surface area contributed by atoms with E-state index in [9.17, 15) is 8.42 Å². The van der Waals surface area contributed by atoms with Crippen molar-refractivity contribution in [2.24, 2.45) is 5.14 Å². The molecule has 2 N–H and O–H groups in total. The Balaban J connectivity index is 1.78. The quantitative estimate of drug-likeness (QED) is 0.768. The fraction of sp³-hybridized carbons (Fsp3) is 0.167. The van der Waals surface area contributed by atoms with Crippen molar-refractivity contribution in [1.82, 2.24) is 14.6 Å². The summed E-state index contributed by atoms with van der Waals surface area (Å²) in [7, 11) is -3.77. The van der Waals surface area contributed by atoms with Crippen LogP contribution in [0.2, 0.25) is 0 Å². The minimum atomic E-state index is -3.77. The van der Waals surface area contributed by atoms with Crippen molar-refractivity contribution in [2.45, 2.75) is 15.2 Å². The number of primary sulfonamides is 1. The van der Waals surface area contributed by atoms with Crippen molar-refractivity contribution in [1.29, 1.82) is 0 Å². The van der Waals surface area contributed by atoms with Crippen molar-refractivity contribution in [3.63, 3.8) is 0 Å². The van der Waals surface area contributed by atoms with Crippen LogP contribution in [0.1, 0.15) is 17.2 Å². The highest BCUT2D eigenvalue weighted by molar-refractivity contribution is 7.99. The zero-order valence-corrected chi connectivity index (χ0v) is 13.1. The van der Waals surface area contributed by atoms with E-state index in [0.29, 0.717) is 4.96 Å². The first-order valence-corrected chi connectivity index (χ1v) is 9.48. The molecule has 1 unspecified atom stereocenters. The number of nitrogens with two attached hydrogens (primary N) is 1. The van der Waals surface area contributed by atoms with Crippen LogP contribution >= 0.6 is 23.1 Å². The summed E-state index contributed by atoms with van der Waals surface area (Å²) >= 11 is 2.79. The maximum atomic E-state index is 11.3. The summed E-state index contributed by atoms with van der Waals surface area (Å²) in [5.74, 6) is 1.16. The summed E-state index contributed by atoms with van der Waals surface area (Å²) in [6.07, 6.45) is 1.79. The van der Waals surface area contributed by atoms with E-state index in [1.54, 1.807) is 6.20 Å². The van der Waals surface area contributed by atoms with Crippen LogP contribution in [0.15, 0.2) is 39.7 Å². The highest BCUT2D eigenvalue weighted by atomic mass is 32.2. The van der Waals surface area contributed by atoms with Crippen molar-refractivity contribution in [3.05, 3.63) is 41.7 Å². The molecule has 0 spiro atoms. The minimum Gasteiger partial charge on any atom is -0.223 e. The number of imidazole rings is 1. The summed E-state index contributed by atoms with van der Waals surface area (Å²) in [5.41, 5.74) is 2.17. The second-order valence-electron chi connectivity index (χ2n) is 4.71. The van der Waals surface area contributed by atoms with Crippen LogP contribution in [0.4, 0.5) is 0 Å². The van der Waals surface area contributed by atoms with Gasteiger partial charge < -0.3 is 0 Å². The molecule has 0 amide bonds. The van der Waals surface area contributed by atoms with Gasteiger partial charge in [0.05, 0.1) is 11.9 Å². The second kappa shape index (κ2) is 4.54. The van der Waals surface area contributed by atoms with Gasteiger partial charge in [-0.05, 0) is 11.6 Å². The van der Waals surface area contributed by atoms with E-state index in [1.165, 1.54) is 15.0 Å². The molecule has 0 saturated carbocycles. The van der Waals surface area contributed by atoms with Crippen LogP contribution < -0.4 is 5.14 Å². The molecular weight excluding hydrogens is 328 g/mol. The van der Waals surface area contributed by atoms with Gasteiger partial charge in [0.25, 0.3) is 10.0 Å². The van der Waals surface area contributed by atoms with E-state index in [-0.39, 0.29) is 10.3 Å². The SMILES string of the molecule is NS(=O)(=O)c1nn2cc(C3CSc4ccccc43)nc2s1. The Morgan fingerprint density at radius 3 is 2.90 bits per heavy atom. The predicted octanol–water partition coefficient (Wildman–Crippen LogP) is 1.68. The maximum absolute atomic E-state index is 11.3. The number of aromatic nitrogens is 3. The van der Waals surface area contributed by atoms with Crippen LogP contribution in [0.3, 0.4) is 0 Å². The van der Waals surface area contributed by atoms with E-state index >= 15 is 0 Å². The lowest BCUT2D eigenvalue weighted by molar-refractivity contribution is 0.595. The number of rotatable bonds is 2. The molecule has 108 valence electrons. The summed E-state index contributed by atoms with van der Waals surface area (Å²) < 4.78 is 24.0. The molecule has 1 aromatic carbocycles. The third kappa shape index (κ3) is 2.16. The minimum absolute atomic E-state index is 0.113. The van der Waals surface area contributed by atoms with Crippen molar-refractivity contribution < 1.29 is 8.42 Å². The lowest BCUT2D eigenvalue weighted by Gasteiger charge is -2.06. The zero-order valence-electron chi connectivity index (χ0n) is 10.6. The number of hydrogen-bond donors (Lipinski definition) is 1. The highest BCUT2D eigenvalue weighted by Gasteiger charge is 2.27. The Labute approximate surface area is 129 Å². The van der Waals surface area contributed by atoms with E-state index in [2.05, 4.69) is 22.2 Å². The molecule has 3 heterocycles. The van der Waals surface area contributed by atoms with E-state index in [4.69, 9.17) is 5.14 Å². The third-order valence-corrected chi connectivity index (χ3v) is 6.76. The van der Waals surface area contributed by atoms with Crippen molar-refractivity contribution in [2.75, 3.05) is 5.75 Å². The second-order valence-corrected chi connectivity index (χ2v) is 8.46. The van der Waals surface area contributed by atoms with Gasteiger partial charge in [0.15, 0.2) is 0 Å². The molecule has 1 aliphatic rings. The predicted molar refractivity (Wildman–Crippen MR) is 81.2 cm³/mol. The van der Waals surface area contributed by atoms with E-state index < -0.39 is 10.0 Å². The summed E-state index contributed by atoms with van der Waals surface area (Å²) in [6.45, 7) is 0. The monoisotopic (exact) mass is 338 g/mol. The fourth-order valence-corrected chi connectivity index (χ4v) is 5.15. The van der Waals surface area contributed by atoms with Gasteiger partial charge in [-0.1, -0.05) is 29.5 Å². The molecule has 0 saturated heterocycles. The van der Waals surface area contributed by atoms with Gasteiger partial charge in [-0.25, -0.2) is 23.1 Å². The molecule has 4 rings (SSSR count). The summed E-state index contributed by atoms with van der Waals surface area (Å²) in [5, 5.41) is 9.06. The van der Waals surface area contributed by atoms with Crippen molar-refractivity contribution in [3.8, 4) is 0 Å². The van der Waals surface area contributed by atoms with Crippen LogP contribution in [0.25, 0.3) is 4.96 Å². The first kappa shape index (κ1) is 13.3. The largest absolute Gasteiger partial charge is 0.267 e. The molecule has 0 aliphatic carbocycles. The van der Waals surface area contributed by atoms with E-state index in [0.717, 1.165) is 22.8 Å². The molecule has 21 heavy (non-hydrogen) atoms. The van der Waals surface area contributed by atoms with Crippen LogP contribution in [0.5, 0.6) is 0 Å². The highest BCUT2D eigenvalue weighted by Crippen LogP contribution is 2.42. The Morgan fingerprint density at radius 1 is 1.33 bits per heavy atom. The number of thioether (sulfide) groups is 1.